The van der Waals surface area contributed by atoms with Gasteiger partial charge in [0.15, 0.2) is 6.29 Å². The maximum Gasteiger partial charge on any atom is 0.158 e. The van der Waals surface area contributed by atoms with Crippen molar-refractivity contribution < 1.29 is 19.7 Å². The zero-order valence-corrected chi connectivity index (χ0v) is 22.4. The Labute approximate surface area is 206 Å². The van der Waals surface area contributed by atoms with Crippen LogP contribution in [0, 0.1) is 45.3 Å². The number of rotatable bonds is 2. The van der Waals surface area contributed by atoms with Gasteiger partial charge in [0.1, 0.15) is 5.78 Å². The van der Waals surface area contributed by atoms with Gasteiger partial charge in [-0.25, -0.2) is 0 Å². The molecular weight excluding hydrogens is 424 g/mol. The molecule has 1 aliphatic heterocycles. The largest absolute Gasteiger partial charge is 0.392 e. The number of Topliss-reactive ketones (excluding diaryl/α,β-unsaturated/α-hetero) is 1. The highest BCUT2D eigenvalue weighted by atomic mass is 16.6. The van der Waals surface area contributed by atoms with Crippen molar-refractivity contribution in [2.75, 3.05) is 0 Å². The fraction of sp³-hybridized carbons (Fsp3) is 0.833. The first-order chi connectivity index (χ1) is 15.8. The van der Waals surface area contributed by atoms with Crippen LogP contribution in [0.1, 0.15) is 93.4 Å². The molecule has 4 aliphatic carbocycles. The van der Waals surface area contributed by atoms with E-state index in [1.54, 1.807) is 0 Å². The highest BCUT2D eigenvalue weighted by Crippen LogP contribution is 2.73. The van der Waals surface area contributed by atoms with Gasteiger partial charge in [0.2, 0.25) is 0 Å². The minimum absolute atomic E-state index is 0.00785. The van der Waals surface area contributed by atoms with Crippen molar-refractivity contribution in [3.8, 4) is 0 Å². The molecule has 0 aromatic rings. The number of aliphatic hydroxyl groups excluding tert-OH is 2. The van der Waals surface area contributed by atoms with Crippen molar-refractivity contribution in [3.63, 3.8) is 0 Å². The summed E-state index contributed by atoms with van der Waals surface area (Å²) < 4.78 is 5.97. The van der Waals surface area contributed by atoms with Gasteiger partial charge >= 0.3 is 0 Å². The molecule has 0 aromatic carbocycles. The summed E-state index contributed by atoms with van der Waals surface area (Å²) in [6, 6.07) is 0. The number of ether oxygens (including phenoxy) is 1. The average Bonchev–Trinajstić information content (AvgIpc) is 3.26. The standard InChI is InChI=1S/C30H46O4/c1-17(2)14-18-15-19(26(33)34-18)20-8-9-21-28(20,5)12-10-22-29(6)13-11-24(31)27(3,4)23(29)16-25(32)30(21,22)7/h9,14,18-20,22-23,25-26,32-33H,8,10-13,15-16H2,1-7H3/t18?,19-,20-,22+,23-,25+,26?,28-,29+,30-/m0/s1. The lowest BCUT2D eigenvalue weighted by Crippen LogP contribution is -2.65. The van der Waals surface area contributed by atoms with Crippen molar-refractivity contribution in [1.29, 1.82) is 0 Å². The molecular formula is C30H46O4. The lowest BCUT2D eigenvalue weighted by molar-refractivity contribution is -0.192. The Morgan fingerprint density at radius 1 is 1.06 bits per heavy atom. The maximum atomic E-state index is 12.9. The SMILES string of the molecule is CC(C)=CC1C[C@@H]([C@@H]2CC=C3[C@]4(C)[C@H](O)C[C@H]5C(C)(C)C(=O)CC[C@]5(C)[C@H]4CC[C@]32C)C(O)O1. The van der Waals surface area contributed by atoms with Crippen LogP contribution in [0.25, 0.3) is 0 Å². The zero-order chi connectivity index (χ0) is 24.8. The summed E-state index contributed by atoms with van der Waals surface area (Å²) in [6.45, 7) is 15.6. The topological polar surface area (TPSA) is 66.8 Å². The molecule has 34 heavy (non-hydrogen) atoms. The summed E-state index contributed by atoms with van der Waals surface area (Å²) in [7, 11) is 0. The highest BCUT2D eigenvalue weighted by Gasteiger charge is 2.68. The normalized spacial score (nSPS) is 51.9. The second kappa shape index (κ2) is 7.76. The Bertz CT molecular complexity index is 928. The predicted molar refractivity (Wildman–Crippen MR) is 134 cm³/mol. The van der Waals surface area contributed by atoms with Crippen LogP contribution in [-0.2, 0) is 9.53 Å². The molecule has 0 amide bonds. The van der Waals surface area contributed by atoms with Crippen LogP contribution in [0.15, 0.2) is 23.3 Å². The lowest BCUT2D eigenvalue weighted by atomic mass is 9.37. The summed E-state index contributed by atoms with van der Waals surface area (Å²) in [5.74, 6) is 1.43. The first-order valence-electron chi connectivity index (χ1n) is 13.7. The van der Waals surface area contributed by atoms with Gasteiger partial charge in [-0.15, -0.1) is 0 Å². The van der Waals surface area contributed by atoms with Gasteiger partial charge in [0.25, 0.3) is 0 Å². The average molecular weight is 471 g/mol. The Hall–Kier alpha value is -0.970. The van der Waals surface area contributed by atoms with Crippen molar-refractivity contribution in [3.05, 3.63) is 23.3 Å². The molecule has 3 saturated carbocycles. The number of carbonyl (C=O) groups excluding carboxylic acids is 1. The number of allylic oxidation sites excluding steroid dienone is 2. The third-order valence-electron chi connectivity index (χ3n) is 11.7. The Balaban J connectivity index is 1.47. The quantitative estimate of drug-likeness (QED) is 0.499. The third kappa shape index (κ3) is 3.16. The van der Waals surface area contributed by atoms with Crippen molar-refractivity contribution in [1.82, 2.24) is 0 Å². The summed E-state index contributed by atoms with van der Waals surface area (Å²) in [5, 5.41) is 22.7. The molecule has 2 unspecified atom stereocenters. The third-order valence-corrected chi connectivity index (χ3v) is 11.7. The van der Waals surface area contributed by atoms with Crippen LogP contribution in [0.5, 0.6) is 0 Å². The van der Waals surface area contributed by atoms with E-state index in [-0.39, 0.29) is 39.6 Å². The van der Waals surface area contributed by atoms with E-state index in [1.165, 1.54) is 11.1 Å². The number of hydrogen-bond acceptors (Lipinski definition) is 4. The second-order valence-corrected chi connectivity index (χ2v) is 13.9. The molecule has 10 atom stereocenters. The minimum atomic E-state index is -0.718. The molecule has 0 spiro atoms. The highest BCUT2D eigenvalue weighted by molar-refractivity contribution is 5.85. The first kappa shape index (κ1) is 24.7. The van der Waals surface area contributed by atoms with Gasteiger partial charge in [-0.3, -0.25) is 4.79 Å². The van der Waals surface area contributed by atoms with Crippen molar-refractivity contribution in [2.24, 2.45) is 45.3 Å². The number of aliphatic hydroxyl groups is 2. The van der Waals surface area contributed by atoms with E-state index in [9.17, 15) is 15.0 Å². The minimum Gasteiger partial charge on any atom is -0.392 e. The van der Waals surface area contributed by atoms with E-state index in [0.717, 1.165) is 32.1 Å². The molecule has 0 radical (unpaired) electrons. The smallest absolute Gasteiger partial charge is 0.158 e. The lowest BCUT2D eigenvalue weighted by Gasteiger charge is -2.67. The van der Waals surface area contributed by atoms with Crippen molar-refractivity contribution >= 4 is 5.78 Å². The molecule has 0 bridgehead atoms. The van der Waals surface area contributed by atoms with E-state index < -0.39 is 12.4 Å². The molecule has 5 aliphatic rings. The molecule has 1 saturated heterocycles. The first-order valence-corrected chi connectivity index (χ1v) is 13.7. The number of hydrogen-bond donors (Lipinski definition) is 2. The van der Waals surface area contributed by atoms with E-state index in [1.807, 2.05) is 0 Å². The summed E-state index contributed by atoms with van der Waals surface area (Å²) in [4.78, 5) is 12.9. The summed E-state index contributed by atoms with van der Waals surface area (Å²) in [6.07, 6.45) is 9.72. The van der Waals surface area contributed by atoms with E-state index in [0.29, 0.717) is 30.5 Å². The van der Waals surface area contributed by atoms with Gasteiger partial charge in [0.05, 0.1) is 12.2 Å². The Morgan fingerprint density at radius 2 is 1.76 bits per heavy atom. The molecule has 4 heteroatoms. The number of fused-ring (bicyclic) bond motifs is 5. The number of carbonyl (C=O) groups is 1. The van der Waals surface area contributed by atoms with Gasteiger partial charge < -0.3 is 14.9 Å². The predicted octanol–water partition coefficient (Wildman–Crippen LogP) is 5.82. The van der Waals surface area contributed by atoms with Crippen molar-refractivity contribution in [2.45, 2.75) is 112 Å². The van der Waals surface area contributed by atoms with Crippen LogP contribution in [0.2, 0.25) is 0 Å². The van der Waals surface area contributed by atoms with Gasteiger partial charge in [-0.2, -0.15) is 0 Å². The molecule has 0 aromatic heterocycles. The molecule has 4 nitrogen and oxygen atoms in total. The van der Waals surface area contributed by atoms with Gasteiger partial charge in [-0.1, -0.05) is 57.9 Å². The Morgan fingerprint density at radius 3 is 2.44 bits per heavy atom. The summed E-state index contributed by atoms with van der Waals surface area (Å²) in [5.41, 5.74) is 2.06. The van der Waals surface area contributed by atoms with E-state index >= 15 is 0 Å². The van der Waals surface area contributed by atoms with Crippen LogP contribution < -0.4 is 0 Å². The fourth-order valence-corrected chi connectivity index (χ4v) is 10.0. The number of ketones is 1. The Kier molecular flexibility index (Phi) is 5.64. The monoisotopic (exact) mass is 470 g/mol. The second-order valence-electron chi connectivity index (χ2n) is 13.9. The van der Waals surface area contributed by atoms with Crippen LogP contribution >= 0.6 is 0 Å². The molecule has 190 valence electrons. The van der Waals surface area contributed by atoms with E-state index in [4.69, 9.17) is 4.74 Å². The van der Waals surface area contributed by atoms with Gasteiger partial charge in [0, 0.05) is 23.2 Å². The fourth-order valence-electron chi connectivity index (χ4n) is 10.0. The summed E-state index contributed by atoms with van der Waals surface area (Å²) >= 11 is 0. The van der Waals surface area contributed by atoms with Crippen LogP contribution in [0.4, 0.5) is 0 Å². The molecule has 2 N–H and O–H groups in total. The van der Waals surface area contributed by atoms with E-state index in [2.05, 4.69) is 60.6 Å². The molecule has 4 fully saturated rings. The molecule has 1 heterocycles. The van der Waals surface area contributed by atoms with Crippen LogP contribution in [0.3, 0.4) is 0 Å². The molecule has 5 rings (SSSR count). The van der Waals surface area contributed by atoms with Gasteiger partial charge in [-0.05, 0) is 81.0 Å². The van der Waals surface area contributed by atoms with Crippen LogP contribution in [-0.4, -0.2) is 34.5 Å². The maximum absolute atomic E-state index is 12.9. The zero-order valence-electron chi connectivity index (χ0n) is 22.4.